The fourth-order valence-electron chi connectivity index (χ4n) is 3.25. The van der Waals surface area contributed by atoms with Gasteiger partial charge in [0.2, 0.25) is 0 Å². The minimum atomic E-state index is -0.509. The molecule has 2 nitrogen and oxygen atoms in total. The lowest BCUT2D eigenvalue weighted by Gasteiger charge is -2.30. The zero-order chi connectivity index (χ0) is 14.9. The molecule has 21 heavy (non-hydrogen) atoms. The van der Waals surface area contributed by atoms with E-state index in [2.05, 4.69) is 12.1 Å². The molecule has 1 saturated carbocycles. The standard InChI is InChI=1S/C18H20ClNO/c19-16-9-5-4-8-14(16)15(12-20)17(21)18(10-11-18)13-6-2-1-3-7-13/h1-9,15,17,21H,10-12,20H2. The number of aliphatic hydroxyl groups excluding tert-OH is 1. The lowest BCUT2D eigenvalue weighted by Crippen LogP contribution is -2.36. The van der Waals surface area contributed by atoms with Crippen LogP contribution in [0.2, 0.25) is 5.02 Å². The van der Waals surface area contributed by atoms with Gasteiger partial charge >= 0.3 is 0 Å². The molecule has 0 amide bonds. The Kier molecular flexibility index (Phi) is 4.03. The largest absolute Gasteiger partial charge is 0.392 e. The number of hydrogen-bond acceptors (Lipinski definition) is 2. The van der Waals surface area contributed by atoms with Gasteiger partial charge in [-0.05, 0) is 30.0 Å². The molecule has 0 spiro atoms. The molecule has 0 heterocycles. The van der Waals surface area contributed by atoms with Gasteiger partial charge in [-0.2, -0.15) is 0 Å². The van der Waals surface area contributed by atoms with Crippen molar-refractivity contribution in [2.45, 2.75) is 30.3 Å². The second-order valence-electron chi connectivity index (χ2n) is 5.83. The van der Waals surface area contributed by atoms with E-state index in [1.807, 2.05) is 42.5 Å². The number of hydrogen-bond donors (Lipinski definition) is 2. The van der Waals surface area contributed by atoms with Gasteiger partial charge in [-0.25, -0.2) is 0 Å². The first kappa shape index (κ1) is 14.6. The molecule has 2 aromatic carbocycles. The smallest absolute Gasteiger partial charge is 0.0717 e. The number of aliphatic hydroxyl groups is 1. The molecule has 1 fully saturated rings. The van der Waals surface area contributed by atoms with Gasteiger partial charge in [-0.3, -0.25) is 0 Å². The molecule has 1 aliphatic rings. The Labute approximate surface area is 130 Å². The van der Waals surface area contributed by atoms with E-state index in [0.29, 0.717) is 11.6 Å². The lowest BCUT2D eigenvalue weighted by molar-refractivity contribution is 0.104. The zero-order valence-electron chi connectivity index (χ0n) is 11.9. The van der Waals surface area contributed by atoms with Crippen molar-refractivity contribution in [2.75, 3.05) is 6.54 Å². The van der Waals surface area contributed by atoms with Crippen LogP contribution in [0.5, 0.6) is 0 Å². The molecule has 2 unspecified atom stereocenters. The summed E-state index contributed by atoms with van der Waals surface area (Å²) in [5.41, 5.74) is 7.93. The van der Waals surface area contributed by atoms with E-state index in [9.17, 15) is 5.11 Å². The molecule has 0 saturated heterocycles. The maximum atomic E-state index is 11.0. The molecule has 3 N–H and O–H groups in total. The number of rotatable bonds is 5. The van der Waals surface area contributed by atoms with Crippen LogP contribution in [0.1, 0.15) is 29.9 Å². The van der Waals surface area contributed by atoms with E-state index in [4.69, 9.17) is 17.3 Å². The first-order chi connectivity index (χ1) is 10.2. The van der Waals surface area contributed by atoms with Crippen molar-refractivity contribution < 1.29 is 5.11 Å². The van der Waals surface area contributed by atoms with Gasteiger partial charge in [0.05, 0.1) is 6.10 Å². The summed E-state index contributed by atoms with van der Waals surface area (Å²) in [7, 11) is 0. The molecule has 0 bridgehead atoms. The van der Waals surface area contributed by atoms with Crippen LogP contribution in [0.25, 0.3) is 0 Å². The summed E-state index contributed by atoms with van der Waals surface area (Å²) in [4.78, 5) is 0. The van der Waals surface area contributed by atoms with Crippen LogP contribution in [-0.4, -0.2) is 17.8 Å². The Morgan fingerprint density at radius 1 is 1.05 bits per heavy atom. The summed E-state index contributed by atoms with van der Waals surface area (Å²) < 4.78 is 0. The molecule has 2 atom stereocenters. The van der Waals surface area contributed by atoms with Gasteiger partial charge in [0.15, 0.2) is 0 Å². The van der Waals surface area contributed by atoms with Crippen LogP contribution >= 0.6 is 11.6 Å². The third kappa shape index (κ3) is 2.59. The molecule has 3 heteroatoms. The van der Waals surface area contributed by atoms with E-state index in [1.54, 1.807) is 0 Å². The molecular formula is C18H20ClNO. The zero-order valence-corrected chi connectivity index (χ0v) is 12.6. The molecule has 0 aliphatic heterocycles. The minimum Gasteiger partial charge on any atom is -0.392 e. The highest BCUT2D eigenvalue weighted by molar-refractivity contribution is 6.31. The summed E-state index contributed by atoms with van der Waals surface area (Å²) >= 11 is 6.29. The van der Waals surface area contributed by atoms with Crippen LogP contribution < -0.4 is 5.73 Å². The van der Waals surface area contributed by atoms with Crippen LogP contribution in [-0.2, 0) is 5.41 Å². The van der Waals surface area contributed by atoms with E-state index in [-0.39, 0.29) is 11.3 Å². The summed E-state index contributed by atoms with van der Waals surface area (Å²) in [6.45, 7) is 0.388. The summed E-state index contributed by atoms with van der Waals surface area (Å²) in [6.07, 6.45) is 1.49. The highest BCUT2D eigenvalue weighted by Gasteiger charge is 2.52. The summed E-state index contributed by atoms with van der Waals surface area (Å²) in [6, 6.07) is 17.9. The van der Waals surface area contributed by atoms with Gasteiger partial charge < -0.3 is 10.8 Å². The predicted molar refractivity (Wildman–Crippen MR) is 86.6 cm³/mol. The van der Waals surface area contributed by atoms with Crippen LogP contribution in [0.3, 0.4) is 0 Å². The molecule has 0 radical (unpaired) electrons. The molecule has 0 aromatic heterocycles. The number of nitrogens with two attached hydrogens (primary N) is 1. The first-order valence-electron chi connectivity index (χ1n) is 7.37. The molecule has 2 aromatic rings. The highest BCUT2D eigenvalue weighted by Crippen LogP contribution is 2.54. The highest BCUT2D eigenvalue weighted by atomic mass is 35.5. The van der Waals surface area contributed by atoms with E-state index >= 15 is 0 Å². The fraction of sp³-hybridized carbons (Fsp3) is 0.333. The average molecular weight is 302 g/mol. The quantitative estimate of drug-likeness (QED) is 0.888. The van der Waals surface area contributed by atoms with Crippen LogP contribution in [0.4, 0.5) is 0 Å². The minimum absolute atomic E-state index is 0.138. The Morgan fingerprint density at radius 2 is 1.67 bits per heavy atom. The number of halogens is 1. The van der Waals surface area contributed by atoms with E-state index in [0.717, 1.165) is 18.4 Å². The van der Waals surface area contributed by atoms with Crippen molar-refractivity contribution in [3.8, 4) is 0 Å². The van der Waals surface area contributed by atoms with Crippen molar-refractivity contribution in [1.82, 2.24) is 0 Å². The van der Waals surface area contributed by atoms with Gasteiger partial charge in [0.25, 0.3) is 0 Å². The average Bonchev–Trinajstić information content (AvgIpc) is 3.32. The van der Waals surface area contributed by atoms with Gasteiger partial charge in [0.1, 0.15) is 0 Å². The van der Waals surface area contributed by atoms with Crippen molar-refractivity contribution in [1.29, 1.82) is 0 Å². The lowest BCUT2D eigenvalue weighted by atomic mass is 9.79. The topological polar surface area (TPSA) is 46.2 Å². The van der Waals surface area contributed by atoms with Crippen molar-refractivity contribution in [3.63, 3.8) is 0 Å². The Hall–Kier alpha value is -1.35. The first-order valence-corrected chi connectivity index (χ1v) is 7.75. The molecular weight excluding hydrogens is 282 g/mol. The maximum absolute atomic E-state index is 11.0. The Balaban J connectivity index is 1.93. The molecule has 110 valence electrons. The van der Waals surface area contributed by atoms with E-state index < -0.39 is 6.10 Å². The second kappa shape index (κ2) is 5.80. The van der Waals surface area contributed by atoms with E-state index in [1.165, 1.54) is 5.56 Å². The monoisotopic (exact) mass is 301 g/mol. The number of benzene rings is 2. The van der Waals surface area contributed by atoms with Crippen molar-refractivity contribution in [3.05, 3.63) is 70.7 Å². The van der Waals surface area contributed by atoms with Gasteiger partial charge in [-0.1, -0.05) is 60.1 Å². The Morgan fingerprint density at radius 3 is 2.24 bits per heavy atom. The maximum Gasteiger partial charge on any atom is 0.0717 e. The van der Waals surface area contributed by atoms with Crippen molar-refractivity contribution in [2.24, 2.45) is 5.73 Å². The summed E-state index contributed by atoms with van der Waals surface area (Å²) in [5.74, 6) is -0.138. The van der Waals surface area contributed by atoms with Gasteiger partial charge in [0, 0.05) is 22.9 Å². The Bertz CT molecular complexity index is 610. The third-order valence-electron chi connectivity index (χ3n) is 4.64. The third-order valence-corrected chi connectivity index (χ3v) is 4.99. The van der Waals surface area contributed by atoms with Crippen LogP contribution in [0.15, 0.2) is 54.6 Å². The molecule has 3 rings (SSSR count). The fourth-order valence-corrected chi connectivity index (χ4v) is 3.52. The SMILES string of the molecule is NCC(c1ccccc1Cl)C(O)C1(c2ccccc2)CC1. The normalized spacial score (nSPS) is 19.0. The molecule has 1 aliphatic carbocycles. The van der Waals surface area contributed by atoms with Crippen LogP contribution in [0, 0.1) is 0 Å². The summed E-state index contributed by atoms with van der Waals surface area (Å²) in [5, 5.41) is 11.7. The van der Waals surface area contributed by atoms with Gasteiger partial charge in [-0.15, -0.1) is 0 Å². The second-order valence-corrected chi connectivity index (χ2v) is 6.24. The predicted octanol–water partition coefficient (Wildman–Crippen LogP) is 3.48. The van der Waals surface area contributed by atoms with Crippen molar-refractivity contribution >= 4 is 11.6 Å².